The Bertz CT molecular complexity index is 430. The molecule has 0 heterocycles. The van der Waals surface area contributed by atoms with E-state index in [1.165, 1.54) is 6.07 Å². The summed E-state index contributed by atoms with van der Waals surface area (Å²) >= 11 is 5.86. The van der Waals surface area contributed by atoms with E-state index in [1.807, 2.05) is 6.07 Å². The average molecular weight is 285 g/mol. The Balaban J connectivity index is 2.05. The Hall–Kier alpha value is -0.640. The maximum absolute atomic E-state index is 13.2. The molecule has 1 unspecified atom stereocenters. The molecule has 19 heavy (non-hydrogen) atoms. The van der Waals surface area contributed by atoms with Crippen LogP contribution in [-0.4, -0.2) is 24.0 Å². The van der Waals surface area contributed by atoms with Gasteiger partial charge in [0.25, 0.3) is 0 Å². The summed E-state index contributed by atoms with van der Waals surface area (Å²) in [5.41, 5.74) is 7.00. The van der Waals surface area contributed by atoms with E-state index in [0.29, 0.717) is 12.1 Å². The zero-order valence-corrected chi connectivity index (χ0v) is 12.3. The SMILES string of the molecule is CC(c1ccc(F)c(Cl)c1)N(C)C1CCC(N)CC1. The highest BCUT2D eigenvalue weighted by Gasteiger charge is 2.25. The largest absolute Gasteiger partial charge is 0.328 e. The van der Waals surface area contributed by atoms with Gasteiger partial charge in [0.15, 0.2) is 0 Å². The molecule has 1 atom stereocenters. The normalized spacial score (nSPS) is 25.6. The second-order valence-corrected chi connectivity index (χ2v) is 5.99. The molecule has 0 amide bonds. The molecule has 0 aromatic heterocycles. The van der Waals surface area contributed by atoms with Crippen LogP contribution in [0.25, 0.3) is 0 Å². The number of halogens is 2. The van der Waals surface area contributed by atoms with Gasteiger partial charge in [-0.3, -0.25) is 4.90 Å². The van der Waals surface area contributed by atoms with E-state index in [9.17, 15) is 4.39 Å². The highest BCUT2D eigenvalue weighted by atomic mass is 35.5. The number of nitrogens with zero attached hydrogens (tertiary/aromatic N) is 1. The molecule has 2 rings (SSSR count). The quantitative estimate of drug-likeness (QED) is 0.916. The Morgan fingerprint density at radius 2 is 1.95 bits per heavy atom. The predicted octanol–water partition coefficient (Wildman–Crippen LogP) is 3.74. The van der Waals surface area contributed by atoms with Crippen LogP contribution in [0.15, 0.2) is 18.2 Å². The van der Waals surface area contributed by atoms with Crippen LogP contribution in [0.1, 0.15) is 44.2 Å². The molecule has 1 aliphatic carbocycles. The van der Waals surface area contributed by atoms with Crippen molar-refractivity contribution in [3.8, 4) is 0 Å². The van der Waals surface area contributed by atoms with Crippen LogP contribution in [0.4, 0.5) is 4.39 Å². The van der Waals surface area contributed by atoms with Crippen molar-refractivity contribution >= 4 is 11.6 Å². The average Bonchev–Trinajstić information content (AvgIpc) is 2.41. The van der Waals surface area contributed by atoms with Crippen LogP contribution >= 0.6 is 11.6 Å². The van der Waals surface area contributed by atoms with Crippen LogP contribution in [0.3, 0.4) is 0 Å². The van der Waals surface area contributed by atoms with Crippen LogP contribution in [0.5, 0.6) is 0 Å². The maximum Gasteiger partial charge on any atom is 0.141 e. The molecule has 1 aromatic carbocycles. The minimum Gasteiger partial charge on any atom is -0.328 e. The third-order valence-electron chi connectivity index (χ3n) is 4.35. The van der Waals surface area contributed by atoms with Gasteiger partial charge in [-0.15, -0.1) is 0 Å². The highest BCUT2D eigenvalue weighted by Crippen LogP contribution is 2.30. The van der Waals surface area contributed by atoms with E-state index >= 15 is 0 Å². The lowest BCUT2D eigenvalue weighted by molar-refractivity contribution is 0.140. The molecular formula is C15H22ClFN2. The standard InChI is InChI=1S/C15H22ClFN2/c1-10(11-3-8-15(17)14(16)9-11)19(2)13-6-4-12(18)5-7-13/h3,8-10,12-13H,4-7,18H2,1-2H3. The molecule has 1 aromatic rings. The van der Waals surface area contributed by atoms with E-state index < -0.39 is 0 Å². The Labute approximate surface area is 119 Å². The molecule has 106 valence electrons. The summed E-state index contributed by atoms with van der Waals surface area (Å²) in [6.45, 7) is 2.14. The molecular weight excluding hydrogens is 263 g/mol. The van der Waals surface area contributed by atoms with Crippen molar-refractivity contribution in [2.24, 2.45) is 5.73 Å². The van der Waals surface area contributed by atoms with Gasteiger partial charge in [0.05, 0.1) is 5.02 Å². The van der Waals surface area contributed by atoms with Crippen molar-refractivity contribution in [3.63, 3.8) is 0 Å². The van der Waals surface area contributed by atoms with Crippen molar-refractivity contribution in [2.75, 3.05) is 7.05 Å². The van der Waals surface area contributed by atoms with Crippen molar-refractivity contribution < 1.29 is 4.39 Å². The molecule has 2 nitrogen and oxygen atoms in total. The molecule has 2 N–H and O–H groups in total. The zero-order chi connectivity index (χ0) is 14.0. The summed E-state index contributed by atoms with van der Waals surface area (Å²) in [7, 11) is 2.13. The fourth-order valence-electron chi connectivity index (χ4n) is 2.83. The van der Waals surface area contributed by atoms with Crippen LogP contribution in [-0.2, 0) is 0 Å². The lowest BCUT2D eigenvalue weighted by atomic mass is 9.90. The number of benzene rings is 1. The van der Waals surface area contributed by atoms with Crippen molar-refractivity contribution in [2.45, 2.75) is 50.7 Å². The van der Waals surface area contributed by atoms with E-state index in [-0.39, 0.29) is 16.9 Å². The van der Waals surface area contributed by atoms with Crippen LogP contribution < -0.4 is 5.73 Å². The Morgan fingerprint density at radius 1 is 1.32 bits per heavy atom. The second kappa shape index (κ2) is 6.21. The molecule has 0 radical (unpaired) electrons. The van der Waals surface area contributed by atoms with Crippen LogP contribution in [0, 0.1) is 5.82 Å². The summed E-state index contributed by atoms with van der Waals surface area (Å²) < 4.78 is 13.2. The topological polar surface area (TPSA) is 29.3 Å². The number of rotatable bonds is 3. The lowest BCUT2D eigenvalue weighted by Gasteiger charge is -2.37. The van der Waals surface area contributed by atoms with Crippen LogP contribution in [0.2, 0.25) is 5.02 Å². The minimum atomic E-state index is -0.357. The molecule has 1 aliphatic rings. The fraction of sp³-hybridized carbons (Fsp3) is 0.600. The third-order valence-corrected chi connectivity index (χ3v) is 4.64. The van der Waals surface area contributed by atoms with Crippen molar-refractivity contribution in [1.29, 1.82) is 0 Å². The lowest BCUT2D eigenvalue weighted by Crippen LogP contribution is -2.39. The molecule has 4 heteroatoms. The third kappa shape index (κ3) is 3.47. The summed E-state index contributed by atoms with van der Waals surface area (Å²) in [6, 6.07) is 6.14. The van der Waals surface area contributed by atoms with Gasteiger partial charge in [-0.2, -0.15) is 0 Å². The molecule has 1 fully saturated rings. The van der Waals surface area contributed by atoms with Crippen molar-refractivity contribution in [3.05, 3.63) is 34.6 Å². The van der Waals surface area contributed by atoms with Gasteiger partial charge < -0.3 is 5.73 Å². The van der Waals surface area contributed by atoms with E-state index in [0.717, 1.165) is 31.2 Å². The first-order valence-electron chi connectivity index (χ1n) is 6.91. The Morgan fingerprint density at radius 3 is 2.53 bits per heavy atom. The van der Waals surface area contributed by atoms with Gasteiger partial charge in [0.1, 0.15) is 5.82 Å². The summed E-state index contributed by atoms with van der Waals surface area (Å²) in [5, 5.41) is 0.198. The smallest absolute Gasteiger partial charge is 0.141 e. The number of hydrogen-bond donors (Lipinski definition) is 1. The number of nitrogens with two attached hydrogens (primary N) is 1. The number of hydrogen-bond acceptors (Lipinski definition) is 2. The van der Waals surface area contributed by atoms with Gasteiger partial charge in [-0.1, -0.05) is 17.7 Å². The fourth-order valence-corrected chi connectivity index (χ4v) is 3.02. The van der Waals surface area contributed by atoms with Gasteiger partial charge in [-0.25, -0.2) is 4.39 Å². The monoisotopic (exact) mass is 284 g/mol. The highest BCUT2D eigenvalue weighted by molar-refractivity contribution is 6.30. The first kappa shape index (κ1) is 14.8. The minimum absolute atomic E-state index is 0.198. The van der Waals surface area contributed by atoms with E-state index in [1.54, 1.807) is 6.07 Å². The molecule has 0 aliphatic heterocycles. The molecule has 0 spiro atoms. The van der Waals surface area contributed by atoms with E-state index in [4.69, 9.17) is 17.3 Å². The van der Waals surface area contributed by atoms with Crippen molar-refractivity contribution in [1.82, 2.24) is 4.90 Å². The van der Waals surface area contributed by atoms with Gasteiger partial charge in [-0.05, 0) is 57.4 Å². The summed E-state index contributed by atoms with van der Waals surface area (Å²) in [5.74, 6) is -0.357. The molecule has 1 saturated carbocycles. The van der Waals surface area contributed by atoms with E-state index in [2.05, 4.69) is 18.9 Å². The Kier molecular flexibility index (Phi) is 4.82. The molecule has 0 saturated heterocycles. The molecule has 0 bridgehead atoms. The predicted molar refractivity (Wildman–Crippen MR) is 77.8 cm³/mol. The summed E-state index contributed by atoms with van der Waals surface area (Å²) in [4.78, 5) is 2.36. The summed E-state index contributed by atoms with van der Waals surface area (Å²) in [6.07, 6.45) is 4.45. The second-order valence-electron chi connectivity index (χ2n) is 5.58. The van der Waals surface area contributed by atoms with Gasteiger partial charge in [0.2, 0.25) is 0 Å². The first-order valence-corrected chi connectivity index (χ1v) is 7.29. The van der Waals surface area contributed by atoms with Gasteiger partial charge >= 0.3 is 0 Å². The van der Waals surface area contributed by atoms with Gasteiger partial charge in [0, 0.05) is 18.1 Å². The first-order chi connectivity index (χ1) is 8.99. The zero-order valence-electron chi connectivity index (χ0n) is 11.6. The maximum atomic E-state index is 13.2.